The van der Waals surface area contributed by atoms with Gasteiger partial charge in [-0.15, -0.1) is 0 Å². The standard InChI is InChI=1S/C53H35N5/c1-5-13-38(14-6-1)48-35-49(55-50(54-48)40-15-7-2-8-16-40)39-25-21-36(22-26-39)44-29-31-47-34-45(30-32-46(47)33-44)37-23-27-43(28-24-37)53-57-51(41-17-9-3-10-18-41)56-52(58-53)42-19-11-4-12-20-42/h1-35H. The van der Waals surface area contributed by atoms with Gasteiger partial charge in [-0.1, -0.05) is 194 Å². The van der Waals surface area contributed by atoms with Crippen LogP contribution < -0.4 is 0 Å². The highest BCUT2D eigenvalue weighted by molar-refractivity contribution is 5.91. The molecule has 0 atom stereocenters. The highest BCUT2D eigenvalue weighted by Gasteiger charge is 2.14. The molecule has 0 aliphatic rings. The molecule has 5 nitrogen and oxygen atoms in total. The van der Waals surface area contributed by atoms with E-state index in [1.54, 1.807) is 0 Å². The highest BCUT2D eigenvalue weighted by Crippen LogP contribution is 2.33. The summed E-state index contributed by atoms with van der Waals surface area (Å²) in [5.74, 6) is 2.66. The number of nitrogens with zero attached hydrogens (tertiary/aromatic N) is 5. The van der Waals surface area contributed by atoms with Gasteiger partial charge >= 0.3 is 0 Å². The molecule has 0 unspecified atom stereocenters. The van der Waals surface area contributed by atoms with E-state index in [1.165, 1.54) is 10.8 Å². The summed E-state index contributed by atoms with van der Waals surface area (Å²) in [4.78, 5) is 24.6. The second-order valence-corrected chi connectivity index (χ2v) is 14.2. The van der Waals surface area contributed by atoms with E-state index in [1.807, 2.05) is 97.1 Å². The zero-order chi connectivity index (χ0) is 38.7. The quantitative estimate of drug-likeness (QED) is 0.155. The van der Waals surface area contributed by atoms with E-state index in [4.69, 9.17) is 24.9 Å². The minimum atomic E-state index is 0.643. The molecular formula is C53H35N5. The Morgan fingerprint density at radius 2 is 0.466 bits per heavy atom. The fourth-order valence-corrected chi connectivity index (χ4v) is 7.26. The summed E-state index contributed by atoms with van der Waals surface area (Å²) in [5, 5.41) is 2.37. The molecule has 0 saturated carbocycles. The minimum Gasteiger partial charge on any atom is -0.228 e. The molecule has 10 rings (SSSR count). The molecule has 10 aromatic rings. The van der Waals surface area contributed by atoms with Gasteiger partial charge in [0.25, 0.3) is 0 Å². The largest absolute Gasteiger partial charge is 0.228 e. The van der Waals surface area contributed by atoms with E-state index in [9.17, 15) is 0 Å². The molecule has 0 amide bonds. The van der Waals surface area contributed by atoms with E-state index >= 15 is 0 Å². The van der Waals surface area contributed by atoms with Crippen LogP contribution in [0.2, 0.25) is 0 Å². The van der Waals surface area contributed by atoms with Gasteiger partial charge in [0.1, 0.15) is 0 Å². The van der Waals surface area contributed by atoms with Crippen molar-refractivity contribution in [2.45, 2.75) is 0 Å². The first kappa shape index (κ1) is 34.6. The lowest BCUT2D eigenvalue weighted by atomic mass is 9.96. The lowest BCUT2D eigenvalue weighted by Crippen LogP contribution is -2.00. The van der Waals surface area contributed by atoms with Gasteiger partial charge in [-0.3, -0.25) is 0 Å². The Bertz CT molecular complexity index is 2680. The number of rotatable bonds is 8. The average Bonchev–Trinajstić information content (AvgIpc) is 3.32. The normalized spacial score (nSPS) is 11.1. The highest BCUT2D eigenvalue weighted by atomic mass is 15.0. The Morgan fingerprint density at radius 3 is 0.862 bits per heavy atom. The number of benzene rings is 8. The van der Waals surface area contributed by atoms with Crippen LogP contribution in [0.1, 0.15) is 0 Å². The van der Waals surface area contributed by atoms with Crippen LogP contribution in [-0.4, -0.2) is 24.9 Å². The van der Waals surface area contributed by atoms with Gasteiger partial charge in [-0.2, -0.15) is 0 Å². The van der Waals surface area contributed by atoms with E-state index < -0.39 is 0 Å². The number of fused-ring (bicyclic) bond motifs is 1. The SMILES string of the molecule is c1ccc(-c2cc(-c3ccc(-c4ccc5cc(-c6ccc(-c7nc(-c8ccccc8)nc(-c8ccccc8)n7)cc6)ccc5c4)cc3)nc(-c3ccccc3)n2)cc1. The third-order valence-corrected chi connectivity index (χ3v) is 10.4. The summed E-state index contributed by atoms with van der Waals surface area (Å²) in [7, 11) is 0. The van der Waals surface area contributed by atoms with Crippen molar-refractivity contribution >= 4 is 10.8 Å². The van der Waals surface area contributed by atoms with Gasteiger partial charge in [0.2, 0.25) is 0 Å². The second-order valence-electron chi connectivity index (χ2n) is 14.2. The van der Waals surface area contributed by atoms with Crippen molar-refractivity contribution in [3.8, 4) is 90.3 Å². The van der Waals surface area contributed by atoms with Crippen LogP contribution in [0, 0.1) is 0 Å². The molecule has 5 heteroatoms. The summed E-state index contributed by atoms with van der Waals surface area (Å²) < 4.78 is 0. The summed E-state index contributed by atoms with van der Waals surface area (Å²) >= 11 is 0. The molecule has 2 heterocycles. The fourth-order valence-electron chi connectivity index (χ4n) is 7.26. The number of hydrogen-bond donors (Lipinski definition) is 0. The third kappa shape index (κ3) is 7.16. The van der Waals surface area contributed by atoms with Crippen LogP contribution in [0.3, 0.4) is 0 Å². The van der Waals surface area contributed by atoms with Gasteiger partial charge in [0.05, 0.1) is 11.4 Å². The van der Waals surface area contributed by atoms with E-state index in [2.05, 4.69) is 115 Å². The Labute approximate surface area is 337 Å². The number of aromatic nitrogens is 5. The maximum atomic E-state index is 5.01. The lowest BCUT2D eigenvalue weighted by Gasteiger charge is -2.11. The summed E-state index contributed by atoms with van der Waals surface area (Å²) in [6, 6.07) is 73.1. The molecule has 2 aromatic heterocycles. The van der Waals surface area contributed by atoms with Crippen molar-refractivity contribution in [3.05, 3.63) is 212 Å². The van der Waals surface area contributed by atoms with Gasteiger partial charge in [-0.05, 0) is 51.2 Å². The molecule has 0 aliphatic heterocycles. The zero-order valence-electron chi connectivity index (χ0n) is 31.4. The zero-order valence-corrected chi connectivity index (χ0v) is 31.4. The van der Waals surface area contributed by atoms with Gasteiger partial charge in [-0.25, -0.2) is 24.9 Å². The van der Waals surface area contributed by atoms with Crippen LogP contribution in [0.4, 0.5) is 0 Å². The predicted octanol–water partition coefficient (Wildman–Crippen LogP) is 13.2. The van der Waals surface area contributed by atoms with Crippen molar-refractivity contribution in [2.75, 3.05) is 0 Å². The Balaban J connectivity index is 0.914. The van der Waals surface area contributed by atoms with Crippen molar-refractivity contribution in [3.63, 3.8) is 0 Å². The monoisotopic (exact) mass is 741 g/mol. The molecule has 0 spiro atoms. The summed E-state index contributed by atoms with van der Waals surface area (Å²) in [6.45, 7) is 0. The summed E-state index contributed by atoms with van der Waals surface area (Å²) in [5.41, 5.74) is 12.3. The third-order valence-electron chi connectivity index (χ3n) is 10.4. The topological polar surface area (TPSA) is 64.5 Å². The molecule has 0 aliphatic carbocycles. The average molecular weight is 742 g/mol. The minimum absolute atomic E-state index is 0.643. The van der Waals surface area contributed by atoms with Crippen molar-refractivity contribution in [2.24, 2.45) is 0 Å². The van der Waals surface area contributed by atoms with Crippen molar-refractivity contribution < 1.29 is 0 Å². The van der Waals surface area contributed by atoms with Crippen LogP contribution in [-0.2, 0) is 0 Å². The molecule has 0 radical (unpaired) electrons. The van der Waals surface area contributed by atoms with Crippen molar-refractivity contribution in [1.29, 1.82) is 0 Å². The second kappa shape index (κ2) is 15.3. The maximum absolute atomic E-state index is 5.01. The molecule has 58 heavy (non-hydrogen) atoms. The summed E-state index contributed by atoms with van der Waals surface area (Å²) in [6.07, 6.45) is 0. The predicted molar refractivity (Wildman–Crippen MR) is 236 cm³/mol. The molecule has 0 fully saturated rings. The van der Waals surface area contributed by atoms with Crippen LogP contribution >= 0.6 is 0 Å². The van der Waals surface area contributed by atoms with Gasteiger partial charge < -0.3 is 0 Å². The van der Waals surface area contributed by atoms with Crippen LogP contribution in [0.25, 0.3) is 101 Å². The Morgan fingerprint density at radius 1 is 0.190 bits per heavy atom. The Hall–Kier alpha value is -7.89. The molecule has 0 bridgehead atoms. The van der Waals surface area contributed by atoms with E-state index in [0.29, 0.717) is 23.3 Å². The van der Waals surface area contributed by atoms with Crippen molar-refractivity contribution in [1.82, 2.24) is 24.9 Å². The molecular weight excluding hydrogens is 707 g/mol. The van der Waals surface area contributed by atoms with Gasteiger partial charge in [0, 0.05) is 33.4 Å². The first-order valence-corrected chi connectivity index (χ1v) is 19.3. The molecule has 8 aromatic carbocycles. The maximum Gasteiger partial charge on any atom is 0.164 e. The Kier molecular flexibility index (Phi) is 9.14. The number of hydrogen-bond acceptors (Lipinski definition) is 5. The van der Waals surface area contributed by atoms with Crippen LogP contribution in [0.5, 0.6) is 0 Å². The smallest absolute Gasteiger partial charge is 0.164 e. The molecule has 0 N–H and O–H groups in total. The van der Waals surface area contributed by atoms with E-state index in [0.717, 1.165) is 67.0 Å². The first-order valence-electron chi connectivity index (χ1n) is 19.3. The lowest BCUT2D eigenvalue weighted by molar-refractivity contribution is 1.07. The van der Waals surface area contributed by atoms with Crippen LogP contribution in [0.15, 0.2) is 212 Å². The molecule has 272 valence electrons. The first-order chi connectivity index (χ1) is 28.7. The van der Waals surface area contributed by atoms with E-state index in [-0.39, 0.29) is 0 Å². The fraction of sp³-hybridized carbons (Fsp3) is 0. The van der Waals surface area contributed by atoms with Gasteiger partial charge in [0.15, 0.2) is 23.3 Å². The molecule has 0 saturated heterocycles.